The number of hydrogen-bond acceptors (Lipinski definition) is 11. The zero-order valence-corrected chi connectivity index (χ0v) is 37.7. The molecule has 2 aromatic carbocycles. The van der Waals surface area contributed by atoms with Gasteiger partial charge in [-0.2, -0.15) is 0 Å². The van der Waals surface area contributed by atoms with Crippen LogP contribution in [0.15, 0.2) is 67.0 Å². The molecule has 0 spiro atoms. The van der Waals surface area contributed by atoms with Crippen LogP contribution in [0.5, 0.6) is 0 Å². The zero-order chi connectivity index (χ0) is 42.0. The van der Waals surface area contributed by atoms with Crippen molar-refractivity contribution in [1.29, 1.82) is 0 Å². The second-order valence-corrected chi connectivity index (χ2v) is 20.5. The lowest BCUT2D eigenvalue weighted by atomic mass is 9.77. The zero-order valence-electron chi connectivity index (χ0n) is 37.7. The van der Waals surface area contributed by atoms with Crippen LogP contribution in [0.25, 0.3) is 0 Å². The Morgan fingerprint density at radius 2 is 1.51 bits per heavy atom. The van der Waals surface area contributed by atoms with E-state index in [0.29, 0.717) is 48.2 Å². The molecule has 8 aliphatic rings. The highest BCUT2D eigenvalue weighted by molar-refractivity contribution is 5.64. The van der Waals surface area contributed by atoms with Crippen molar-refractivity contribution in [1.82, 2.24) is 40.6 Å². The van der Waals surface area contributed by atoms with E-state index < -0.39 is 0 Å². The molecule has 11 heteroatoms. The van der Waals surface area contributed by atoms with Crippen molar-refractivity contribution < 1.29 is 4.74 Å². The van der Waals surface area contributed by atoms with Crippen LogP contribution in [0.4, 0.5) is 11.4 Å². The van der Waals surface area contributed by atoms with Gasteiger partial charge in [-0.05, 0) is 129 Å². The van der Waals surface area contributed by atoms with Gasteiger partial charge in [-0.1, -0.05) is 30.3 Å². The number of nitrogens with one attached hydrogen (secondary N) is 3. The number of morpholine rings is 1. The molecule has 6 aliphatic heterocycles. The van der Waals surface area contributed by atoms with E-state index in [-0.39, 0.29) is 0 Å². The van der Waals surface area contributed by atoms with Gasteiger partial charge in [0.05, 0.1) is 42.7 Å². The van der Waals surface area contributed by atoms with E-state index in [1.807, 2.05) is 12.4 Å². The molecule has 63 heavy (non-hydrogen) atoms. The predicted octanol–water partition coefficient (Wildman–Crippen LogP) is 5.18. The third-order valence-corrected chi connectivity index (χ3v) is 16.7. The van der Waals surface area contributed by atoms with E-state index in [1.165, 1.54) is 69.8 Å². The Labute approximate surface area is 375 Å². The summed E-state index contributed by atoms with van der Waals surface area (Å²) in [6.07, 6.45) is 13.3. The van der Waals surface area contributed by atoms with Gasteiger partial charge in [-0.3, -0.25) is 24.7 Å². The second-order valence-electron chi connectivity index (χ2n) is 20.5. The third kappa shape index (κ3) is 7.69. The first-order valence-corrected chi connectivity index (χ1v) is 24.6. The van der Waals surface area contributed by atoms with Gasteiger partial charge in [0.1, 0.15) is 0 Å². The highest BCUT2D eigenvalue weighted by atomic mass is 16.5. The Morgan fingerprint density at radius 1 is 0.730 bits per heavy atom. The lowest BCUT2D eigenvalue weighted by molar-refractivity contribution is -0.0117. The summed E-state index contributed by atoms with van der Waals surface area (Å²) in [6.45, 7) is 12.2. The van der Waals surface area contributed by atoms with Gasteiger partial charge in [0.25, 0.3) is 0 Å². The molecule has 12 rings (SSSR count). The Balaban J connectivity index is 0.774. The average molecular weight is 849 g/mol. The summed E-state index contributed by atoms with van der Waals surface area (Å²) in [6, 6.07) is 24.4. The van der Waals surface area contributed by atoms with Gasteiger partial charge in [0.15, 0.2) is 0 Å². The van der Waals surface area contributed by atoms with Crippen molar-refractivity contribution in [3.05, 3.63) is 117 Å². The predicted molar refractivity (Wildman–Crippen MR) is 251 cm³/mol. The fourth-order valence-electron chi connectivity index (χ4n) is 13.5. The quantitative estimate of drug-likeness (QED) is 0.209. The first-order valence-electron chi connectivity index (χ1n) is 24.6. The van der Waals surface area contributed by atoms with E-state index >= 15 is 0 Å². The van der Waals surface area contributed by atoms with Crippen LogP contribution in [0.1, 0.15) is 100 Å². The number of hydrogen-bond donors (Lipinski definition) is 3. The van der Waals surface area contributed by atoms with Crippen molar-refractivity contribution >= 4 is 11.4 Å². The van der Waals surface area contributed by atoms with Gasteiger partial charge < -0.3 is 30.5 Å². The summed E-state index contributed by atoms with van der Waals surface area (Å²) >= 11 is 0. The van der Waals surface area contributed by atoms with Crippen molar-refractivity contribution in [3.63, 3.8) is 0 Å². The maximum absolute atomic E-state index is 5.91. The molecule has 2 aromatic heterocycles. The second kappa shape index (κ2) is 17.1. The summed E-state index contributed by atoms with van der Waals surface area (Å²) in [5.74, 6) is 0.348. The Hall–Kier alpha value is -3.94. The maximum atomic E-state index is 5.91. The lowest BCUT2D eigenvalue weighted by Gasteiger charge is -2.45. The van der Waals surface area contributed by atoms with Crippen LogP contribution in [0.2, 0.25) is 0 Å². The molecule has 0 radical (unpaired) electrons. The number of nitrogens with zero attached hydrogens (tertiary/aromatic N) is 7. The molecule has 0 amide bonds. The fourth-order valence-corrected chi connectivity index (χ4v) is 13.5. The Bertz CT molecular complexity index is 2300. The van der Waals surface area contributed by atoms with Crippen LogP contribution >= 0.6 is 0 Å². The van der Waals surface area contributed by atoms with Gasteiger partial charge in [-0.25, -0.2) is 0 Å². The molecule has 2 aliphatic carbocycles. The SMILES string of the molecule is CN(C[C@@H]1Cc2c(cc(C3CC[C@H](N(C)C[C@H]4Cc5c(cccc5N5CCN6CCOCC6C5)CN4)c4ncccc43)cc2N2C[C@H]3C[C@@H]2CN3)CN1)[C@H]1CCCc2cccnc21. The van der Waals surface area contributed by atoms with Crippen LogP contribution in [0.3, 0.4) is 0 Å². The molecule has 332 valence electrons. The van der Waals surface area contributed by atoms with Crippen molar-refractivity contribution in [3.8, 4) is 0 Å². The smallest absolute Gasteiger partial charge is 0.0639 e. The number of aryl methyl sites for hydroxylation is 1. The number of benzene rings is 2. The van der Waals surface area contributed by atoms with Crippen molar-refractivity contribution in [2.45, 2.75) is 113 Å². The topological polar surface area (TPSA) is 87.3 Å². The molecule has 4 fully saturated rings. The first-order chi connectivity index (χ1) is 31.0. The van der Waals surface area contributed by atoms with Gasteiger partial charge in [0.2, 0.25) is 0 Å². The molecular weight excluding hydrogens is 781 g/mol. The monoisotopic (exact) mass is 849 g/mol. The first kappa shape index (κ1) is 40.6. The Kier molecular flexibility index (Phi) is 11.0. The number of anilines is 2. The maximum Gasteiger partial charge on any atom is 0.0639 e. The van der Waals surface area contributed by atoms with Gasteiger partial charge >= 0.3 is 0 Å². The highest BCUT2D eigenvalue weighted by Crippen LogP contribution is 2.46. The minimum absolute atomic E-state index is 0.304. The molecule has 2 bridgehead atoms. The molecule has 8 heterocycles. The summed E-state index contributed by atoms with van der Waals surface area (Å²) in [4.78, 5) is 23.4. The number of pyridine rings is 2. The highest BCUT2D eigenvalue weighted by Gasteiger charge is 2.41. The summed E-state index contributed by atoms with van der Waals surface area (Å²) in [7, 11) is 4.68. The van der Waals surface area contributed by atoms with Crippen LogP contribution in [-0.2, 0) is 37.1 Å². The average Bonchev–Trinajstić information content (AvgIpc) is 3.97. The number of aromatic nitrogens is 2. The largest absolute Gasteiger partial charge is 0.378 e. The molecular formula is C52H68N10O. The number of likely N-dealkylation sites (N-methyl/N-ethyl adjacent to an activating group) is 2. The van der Waals surface area contributed by atoms with E-state index in [0.717, 1.165) is 111 Å². The number of ether oxygens (including phenoxy) is 1. The fraction of sp³-hybridized carbons (Fsp3) is 0.577. The van der Waals surface area contributed by atoms with Crippen LogP contribution in [0, 0.1) is 0 Å². The lowest BCUT2D eigenvalue weighted by Crippen LogP contribution is -2.58. The van der Waals surface area contributed by atoms with Crippen molar-refractivity contribution in [2.24, 2.45) is 0 Å². The standard InChI is InChI=1S/C52H68N10O/c1-58(48-12-3-7-34-9-5-15-53-51(34)48)29-40-25-46-37(27-56-40)21-36(22-50(46)62-31-38-23-41(62)28-57-38)43-13-14-49(52-44(43)10-6-16-54-52)59(2)30-39-24-45-35(26-55-39)8-4-11-47(45)61-18-17-60-19-20-63-33-42(60)32-61/h4-6,8-11,15-16,21-22,38-43,48-49,55-57H,3,7,12-14,17-20,23-33H2,1-2H3/t38-,39-,40+,41-,42?,43?,48+,49+/m1/s1. The van der Waals surface area contributed by atoms with Crippen LogP contribution < -0.4 is 25.8 Å². The Morgan fingerprint density at radius 3 is 2.33 bits per heavy atom. The van der Waals surface area contributed by atoms with E-state index in [9.17, 15) is 0 Å². The molecule has 2 unspecified atom stereocenters. The normalized spacial score (nSPS) is 30.2. The van der Waals surface area contributed by atoms with E-state index in [4.69, 9.17) is 14.7 Å². The third-order valence-electron chi connectivity index (χ3n) is 16.7. The summed E-state index contributed by atoms with van der Waals surface area (Å²) in [5, 5.41) is 11.8. The molecule has 11 nitrogen and oxygen atoms in total. The number of rotatable bonds is 9. The number of fused-ring (bicyclic) bond motifs is 7. The summed E-state index contributed by atoms with van der Waals surface area (Å²) in [5.41, 5.74) is 16.0. The van der Waals surface area contributed by atoms with Crippen molar-refractivity contribution in [2.75, 3.05) is 89.5 Å². The number of piperazine rings is 2. The van der Waals surface area contributed by atoms with Gasteiger partial charge in [-0.15, -0.1) is 0 Å². The van der Waals surface area contributed by atoms with Gasteiger partial charge in [0, 0.05) is 119 Å². The van der Waals surface area contributed by atoms with Crippen LogP contribution in [-0.4, -0.2) is 135 Å². The van der Waals surface area contributed by atoms with E-state index in [1.54, 1.807) is 11.1 Å². The molecule has 3 N–H and O–H groups in total. The molecule has 0 saturated carbocycles. The minimum atomic E-state index is 0.304. The van der Waals surface area contributed by atoms with E-state index in [2.05, 4.69) is 109 Å². The molecule has 4 aromatic rings. The molecule has 4 saturated heterocycles. The molecule has 8 atom stereocenters. The minimum Gasteiger partial charge on any atom is -0.378 e. The summed E-state index contributed by atoms with van der Waals surface area (Å²) < 4.78 is 5.91.